The van der Waals surface area contributed by atoms with E-state index in [-0.39, 0.29) is 28.3 Å². The second-order valence-electron chi connectivity index (χ2n) is 7.02. The molecule has 7 nitrogen and oxygen atoms in total. The monoisotopic (exact) mass is 536 g/mol. The molecule has 3 aromatic carbocycles. The van der Waals surface area contributed by atoms with Crippen molar-refractivity contribution >= 4 is 47.0 Å². The van der Waals surface area contributed by atoms with Gasteiger partial charge in [0, 0.05) is 21.8 Å². The van der Waals surface area contributed by atoms with Crippen LogP contribution in [0.3, 0.4) is 0 Å². The lowest BCUT2D eigenvalue weighted by Crippen LogP contribution is -2.16. The largest absolute Gasteiger partial charge is 0.573 e. The second-order valence-corrected chi connectivity index (χ2v) is 7.86. The zero-order chi connectivity index (χ0) is 25.7. The van der Waals surface area contributed by atoms with Crippen molar-refractivity contribution in [1.82, 2.24) is 15.0 Å². The summed E-state index contributed by atoms with van der Waals surface area (Å²) in [4.78, 5) is 12.8. The molecule has 0 unspecified atom stereocenters. The van der Waals surface area contributed by atoms with Crippen molar-refractivity contribution in [2.45, 2.75) is 6.36 Å². The smallest absolute Gasteiger partial charge is 0.406 e. The van der Waals surface area contributed by atoms with Crippen molar-refractivity contribution in [3.05, 3.63) is 88.2 Å². The molecule has 0 aliphatic carbocycles. The highest BCUT2D eigenvalue weighted by molar-refractivity contribution is 6.33. The van der Waals surface area contributed by atoms with E-state index in [1.165, 1.54) is 30.3 Å². The van der Waals surface area contributed by atoms with E-state index in [2.05, 4.69) is 35.5 Å². The van der Waals surface area contributed by atoms with Gasteiger partial charge in [-0.15, -0.1) is 13.2 Å². The van der Waals surface area contributed by atoms with Crippen molar-refractivity contribution in [3.8, 4) is 17.1 Å². The van der Waals surface area contributed by atoms with E-state index >= 15 is 0 Å². The van der Waals surface area contributed by atoms with Crippen LogP contribution in [-0.2, 0) is 0 Å². The Balaban J connectivity index is 1.64. The van der Waals surface area contributed by atoms with Gasteiger partial charge < -0.3 is 10.1 Å². The van der Waals surface area contributed by atoms with E-state index < -0.39 is 17.9 Å². The van der Waals surface area contributed by atoms with Gasteiger partial charge in [0.05, 0.1) is 11.2 Å². The number of benzene rings is 3. The molecule has 0 aliphatic rings. The van der Waals surface area contributed by atoms with Gasteiger partial charge in [-0.05, 0) is 60.7 Å². The maximum Gasteiger partial charge on any atom is 0.573 e. The van der Waals surface area contributed by atoms with Crippen molar-refractivity contribution in [3.63, 3.8) is 0 Å². The van der Waals surface area contributed by atoms with Gasteiger partial charge in [0.1, 0.15) is 11.6 Å². The number of hydrazone groups is 1. The summed E-state index contributed by atoms with van der Waals surface area (Å²) < 4.78 is 55.3. The molecule has 0 bridgehead atoms. The van der Waals surface area contributed by atoms with Crippen LogP contribution in [0.15, 0.2) is 71.8 Å². The molecule has 2 N–H and O–H groups in total. The third kappa shape index (κ3) is 6.80. The summed E-state index contributed by atoms with van der Waals surface area (Å²) in [7, 11) is 0. The van der Waals surface area contributed by atoms with Crippen molar-refractivity contribution in [1.29, 1.82) is 0 Å². The molecule has 36 heavy (non-hydrogen) atoms. The van der Waals surface area contributed by atoms with Crippen LogP contribution in [0.4, 0.5) is 35.1 Å². The Bertz CT molecular complexity index is 1360. The third-order valence-electron chi connectivity index (χ3n) is 4.44. The van der Waals surface area contributed by atoms with Gasteiger partial charge in [0.2, 0.25) is 11.9 Å². The van der Waals surface area contributed by atoms with E-state index in [0.717, 1.165) is 18.3 Å². The standard InChI is InChI=1S/C23H14Cl2F4N6O/c24-14-6-8-15(9-7-14)31-21-32-20(13-4-10-16(11-5-13)36-23(27,28)29)33-22(34-21)35-30-12-17-18(25)2-1-3-19(17)26/h1-12H,(H2,31,32,33,34,35)/b30-12+. The molecular weight excluding hydrogens is 523 g/mol. The summed E-state index contributed by atoms with van der Waals surface area (Å²) in [5.74, 6) is -0.794. The molecule has 0 saturated heterocycles. The molecule has 0 spiro atoms. The van der Waals surface area contributed by atoms with Gasteiger partial charge in [-0.25, -0.2) is 9.82 Å². The first-order chi connectivity index (χ1) is 17.2. The van der Waals surface area contributed by atoms with Gasteiger partial charge in [-0.3, -0.25) is 0 Å². The molecule has 1 aromatic heterocycles. The number of hydrogen-bond acceptors (Lipinski definition) is 7. The Morgan fingerprint density at radius 2 is 1.56 bits per heavy atom. The molecule has 4 aromatic rings. The Labute approximate surface area is 211 Å². The first-order valence-electron chi connectivity index (χ1n) is 10.0. The van der Waals surface area contributed by atoms with Gasteiger partial charge in [-0.1, -0.05) is 29.3 Å². The van der Waals surface area contributed by atoms with E-state index in [0.29, 0.717) is 16.3 Å². The highest BCUT2D eigenvalue weighted by atomic mass is 35.5. The molecular formula is C23H14Cl2F4N6O. The number of anilines is 3. The Hall–Kier alpha value is -3.96. The summed E-state index contributed by atoms with van der Waals surface area (Å²) in [6.45, 7) is 0. The van der Waals surface area contributed by atoms with E-state index in [1.54, 1.807) is 24.3 Å². The van der Waals surface area contributed by atoms with Crippen LogP contribution in [0.5, 0.6) is 5.75 Å². The van der Waals surface area contributed by atoms with Crippen LogP contribution in [0, 0.1) is 5.82 Å². The van der Waals surface area contributed by atoms with Gasteiger partial charge >= 0.3 is 6.36 Å². The van der Waals surface area contributed by atoms with Crippen molar-refractivity contribution < 1.29 is 22.3 Å². The summed E-state index contributed by atoms with van der Waals surface area (Å²) in [5, 5.41) is 7.61. The number of hydrogen-bond donors (Lipinski definition) is 2. The lowest BCUT2D eigenvalue weighted by molar-refractivity contribution is -0.274. The number of ether oxygens (including phenoxy) is 1. The number of halogens is 6. The Kier molecular flexibility index (Phi) is 7.51. The fraction of sp³-hybridized carbons (Fsp3) is 0.0435. The highest BCUT2D eigenvalue weighted by Crippen LogP contribution is 2.26. The van der Waals surface area contributed by atoms with Gasteiger partial charge in [-0.2, -0.15) is 20.1 Å². The summed E-state index contributed by atoms with van der Waals surface area (Å²) in [5.41, 5.74) is 3.62. The van der Waals surface area contributed by atoms with Crippen LogP contribution in [0.2, 0.25) is 10.0 Å². The minimum Gasteiger partial charge on any atom is -0.406 e. The van der Waals surface area contributed by atoms with E-state index in [9.17, 15) is 17.6 Å². The Morgan fingerprint density at radius 1 is 0.861 bits per heavy atom. The average Bonchev–Trinajstić information content (AvgIpc) is 2.82. The molecule has 0 saturated carbocycles. The van der Waals surface area contributed by atoms with Crippen molar-refractivity contribution in [2.75, 3.05) is 10.7 Å². The highest BCUT2D eigenvalue weighted by Gasteiger charge is 2.31. The topological polar surface area (TPSA) is 84.3 Å². The number of nitrogens with zero attached hydrogens (tertiary/aromatic N) is 4. The fourth-order valence-corrected chi connectivity index (χ4v) is 3.21. The molecule has 184 valence electrons. The lowest BCUT2D eigenvalue weighted by atomic mass is 10.2. The predicted molar refractivity (Wildman–Crippen MR) is 129 cm³/mol. The number of alkyl halides is 3. The molecule has 0 radical (unpaired) electrons. The summed E-state index contributed by atoms with van der Waals surface area (Å²) in [6, 6.07) is 15.9. The zero-order valence-electron chi connectivity index (χ0n) is 17.9. The van der Waals surface area contributed by atoms with Crippen LogP contribution in [0.25, 0.3) is 11.4 Å². The lowest BCUT2D eigenvalue weighted by Gasteiger charge is -2.11. The minimum absolute atomic E-state index is 0.0317. The molecule has 0 aliphatic heterocycles. The van der Waals surface area contributed by atoms with E-state index in [4.69, 9.17) is 23.2 Å². The average molecular weight is 537 g/mol. The molecule has 0 amide bonds. The summed E-state index contributed by atoms with van der Waals surface area (Å²) >= 11 is 11.9. The quantitative estimate of drug-likeness (QED) is 0.149. The van der Waals surface area contributed by atoms with E-state index in [1.807, 2.05) is 0 Å². The van der Waals surface area contributed by atoms with Gasteiger partial charge in [0.15, 0.2) is 5.82 Å². The number of rotatable bonds is 7. The minimum atomic E-state index is -4.82. The maximum absolute atomic E-state index is 14.0. The second kappa shape index (κ2) is 10.8. The molecule has 4 rings (SSSR count). The third-order valence-corrected chi connectivity index (χ3v) is 5.02. The molecule has 0 atom stereocenters. The van der Waals surface area contributed by atoms with Gasteiger partial charge in [0.25, 0.3) is 0 Å². The molecule has 13 heteroatoms. The maximum atomic E-state index is 14.0. The van der Waals surface area contributed by atoms with Crippen molar-refractivity contribution in [2.24, 2.45) is 5.10 Å². The summed E-state index contributed by atoms with van der Waals surface area (Å²) in [6.07, 6.45) is -3.66. The first-order valence-corrected chi connectivity index (χ1v) is 10.8. The SMILES string of the molecule is Fc1cccc(Cl)c1/C=N/Nc1nc(Nc2ccc(Cl)cc2)nc(-c2ccc(OC(F)(F)F)cc2)n1. The first kappa shape index (κ1) is 25.1. The zero-order valence-corrected chi connectivity index (χ0v) is 19.4. The molecule has 0 fully saturated rings. The molecule has 1 heterocycles. The number of nitrogens with one attached hydrogen (secondary N) is 2. The fourth-order valence-electron chi connectivity index (χ4n) is 2.87. The van der Waals surface area contributed by atoms with Crippen LogP contribution in [-0.4, -0.2) is 27.5 Å². The normalized spacial score (nSPS) is 11.5. The van der Waals surface area contributed by atoms with Crippen LogP contribution < -0.4 is 15.5 Å². The Morgan fingerprint density at radius 3 is 2.22 bits per heavy atom. The van der Waals surface area contributed by atoms with Crippen LogP contribution >= 0.6 is 23.2 Å². The predicted octanol–water partition coefficient (Wildman–Crippen LogP) is 7.07. The number of aromatic nitrogens is 3. The van der Waals surface area contributed by atoms with Crippen LogP contribution in [0.1, 0.15) is 5.56 Å².